The first kappa shape index (κ1) is 18.7. The van der Waals surface area contributed by atoms with E-state index in [1.54, 1.807) is 26.0 Å². The zero-order valence-corrected chi connectivity index (χ0v) is 16.2. The Labute approximate surface area is 157 Å². The van der Waals surface area contributed by atoms with E-state index in [9.17, 15) is 13.2 Å². The summed E-state index contributed by atoms with van der Waals surface area (Å²) in [6.45, 7) is 6.00. The zero-order chi connectivity index (χ0) is 19.1. The minimum absolute atomic E-state index is 0.0135. The number of nitrogens with zero attached hydrogens (tertiary/aromatic N) is 1. The van der Waals surface area contributed by atoms with Gasteiger partial charge in [-0.25, -0.2) is 8.42 Å². The predicted octanol–water partition coefficient (Wildman–Crippen LogP) is 4.04. The molecule has 0 bridgehead atoms. The van der Waals surface area contributed by atoms with Gasteiger partial charge in [-0.05, 0) is 30.7 Å². The Hall–Kier alpha value is -2.09. The van der Waals surface area contributed by atoms with Gasteiger partial charge in [0.25, 0.3) is 5.91 Å². The van der Waals surface area contributed by atoms with Crippen molar-refractivity contribution in [2.24, 2.45) is 0 Å². The summed E-state index contributed by atoms with van der Waals surface area (Å²) in [5.41, 5.74) is 1.60. The molecule has 0 radical (unpaired) electrons. The second kappa shape index (κ2) is 6.90. The van der Waals surface area contributed by atoms with Gasteiger partial charge in [-0.1, -0.05) is 31.5 Å². The van der Waals surface area contributed by atoms with Crippen molar-refractivity contribution in [1.29, 1.82) is 0 Å². The predicted molar refractivity (Wildman–Crippen MR) is 101 cm³/mol. The Morgan fingerprint density at radius 3 is 2.46 bits per heavy atom. The molecule has 0 saturated heterocycles. The molecule has 0 fully saturated rings. The highest BCUT2D eigenvalue weighted by molar-refractivity contribution is 7.89. The molecular weight excluding hydrogens is 376 g/mol. The van der Waals surface area contributed by atoms with Crippen LogP contribution in [0.2, 0.25) is 5.02 Å². The van der Waals surface area contributed by atoms with Gasteiger partial charge in [0.05, 0.1) is 16.3 Å². The largest absolute Gasteiger partial charge is 0.454 e. The number of carbonyl (C=O) groups excluding carboxylic acids is 1. The monoisotopic (exact) mass is 394 g/mol. The lowest BCUT2D eigenvalue weighted by molar-refractivity contribution is 0.102. The van der Waals surface area contributed by atoms with E-state index in [-0.39, 0.29) is 21.2 Å². The maximum absolute atomic E-state index is 12.8. The number of fused-ring (bicyclic) bond motifs is 2. The summed E-state index contributed by atoms with van der Waals surface area (Å²) in [6.07, 6.45) is 0. The lowest BCUT2D eigenvalue weighted by atomic mass is 10.2. The highest BCUT2D eigenvalue weighted by Gasteiger charge is 2.29. The van der Waals surface area contributed by atoms with Gasteiger partial charge in [0, 0.05) is 19.2 Å². The van der Waals surface area contributed by atoms with Crippen molar-refractivity contribution < 1.29 is 17.9 Å². The number of anilines is 1. The number of amides is 1. The zero-order valence-electron chi connectivity index (χ0n) is 14.7. The molecule has 1 amide bonds. The minimum Gasteiger partial charge on any atom is -0.454 e. The van der Waals surface area contributed by atoms with Crippen LogP contribution in [0.15, 0.2) is 35.2 Å². The second-order valence-electron chi connectivity index (χ2n) is 5.92. The number of hydrogen-bond acceptors (Lipinski definition) is 4. The lowest BCUT2D eigenvalue weighted by Crippen LogP contribution is -2.31. The van der Waals surface area contributed by atoms with Crippen LogP contribution in [0.4, 0.5) is 5.69 Å². The molecule has 1 heterocycles. The van der Waals surface area contributed by atoms with E-state index in [1.807, 2.05) is 13.0 Å². The fourth-order valence-corrected chi connectivity index (χ4v) is 4.80. The van der Waals surface area contributed by atoms with E-state index >= 15 is 0 Å². The Balaban J connectivity index is 2.15. The van der Waals surface area contributed by atoms with Crippen LogP contribution in [0.25, 0.3) is 0 Å². The molecule has 2 aromatic carbocycles. The van der Waals surface area contributed by atoms with Crippen LogP contribution in [0, 0.1) is 6.92 Å². The highest BCUT2D eigenvalue weighted by atomic mass is 35.5. The van der Waals surface area contributed by atoms with Crippen molar-refractivity contribution in [2.45, 2.75) is 25.7 Å². The molecule has 1 aliphatic rings. The molecule has 0 aliphatic carbocycles. The van der Waals surface area contributed by atoms with Crippen molar-refractivity contribution in [3.8, 4) is 11.5 Å². The maximum atomic E-state index is 12.8. The van der Waals surface area contributed by atoms with Crippen LogP contribution in [0.5, 0.6) is 11.5 Å². The number of halogens is 1. The topological polar surface area (TPSA) is 75.7 Å². The number of aryl methyl sites for hydroxylation is 1. The van der Waals surface area contributed by atoms with Gasteiger partial charge in [0.15, 0.2) is 5.75 Å². The molecule has 1 aliphatic heterocycles. The molecule has 0 spiro atoms. The number of sulfonamides is 1. The fourth-order valence-electron chi connectivity index (χ4n) is 2.82. The van der Waals surface area contributed by atoms with Crippen molar-refractivity contribution in [2.75, 3.05) is 18.4 Å². The van der Waals surface area contributed by atoms with Crippen LogP contribution in [-0.2, 0) is 10.0 Å². The third kappa shape index (κ3) is 3.18. The third-order valence-electron chi connectivity index (χ3n) is 4.21. The Morgan fingerprint density at radius 2 is 1.81 bits per heavy atom. The summed E-state index contributed by atoms with van der Waals surface area (Å²) < 4.78 is 32.8. The Bertz CT molecular complexity index is 985. The van der Waals surface area contributed by atoms with Gasteiger partial charge in [0.1, 0.15) is 10.6 Å². The fraction of sp³-hybridized carbons (Fsp3) is 0.278. The quantitative estimate of drug-likeness (QED) is 0.849. The number of hydrogen-bond donors (Lipinski definition) is 1. The molecule has 0 aromatic heterocycles. The van der Waals surface area contributed by atoms with Crippen LogP contribution < -0.4 is 10.1 Å². The van der Waals surface area contributed by atoms with Crippen molar-refractivity contribution in [3.63, 3.8) is 0 Å². The Morgan fingerprint density at radius 1 is 1.12 bits per heavy atom. The van der Waals surface area contributed by atoms with Gasteiger partial charge in [-0.15, -0.1) is 0 Å². The minimum atomic E-state index is -3.81. The highest BCUT2D eigenvalue weighted by Crippen LogP contribution is 2.39. The average molecular weight is 395 g/mol. The maximum Gasteiger partial charge on any atom is 0.259 e. The summed E-state index contributed by atoms with van der Waals surface area (Å²) in [7, 11) is -3.81. The third-order valence-corrected chi connectivity index (χ3v) is 6.72. The molecule has 8 heteroatoms. The molecule has 6 nitrogen and oxygen atoms in total. The molecule has 0 saturated carbocycles. The number of carbonyl (C=O) groups is 1. The molecular formula is C18H19ClN2O4S. The SMILES string of the molecule is CCN(CC)S(=O)(=O)c1cc2c(cc1Cl)Oc1cc(C)ccc1NC2=O. The molecule has 2 aromatic rings. The molecule has 3 rings (SSSR count). The number of rotatable bonds is 4. The van der Waals surface area contributed by atoms with E-state index < -0.39 is 15.9 Å². The molecule has 0 atom stereocenters. The van der Waals surface area contributed by atoms with Gasteiger partial charge in [-0.2, -0.15) is 4.31 Å². The standard InChI is InChI=1S/C18H19ClN2O4S/c1-4-21(5-2)26(23,24)17-9-12-15(10-13(17)19)25-16-8-11(3)6-7-14(16)20-18(12)22/h6-10H,4-5H2,1-3H3,(H,20,22). The van der Waals surface area contributed by atoms with Crippen LogP contribution in [0.1, 0.15) is 29.8 Å². The normalized spacial score (nSPS) is 13.5. The number of benzene rings is 2. The van der Waals surface area contributed by atoms with Gasteiger partial charge >= 0.3 is 0 Å². The molecule has 26 heavy (non-hydrogen) atoms. The van der Waals surface area contributed by atoms with Crippen LogP contribution in [-0.4, -0.2) is 31.7 Å². The van der Waals surface area contributed by atoms with Crippen molar-refractivity contribution >= 4 is 33.2 Å². The first-order valence-corrected chi connectivity index (χ1v) is 10.0. The summed E-state index contributed by atoms with van der Waals surface area (Å²) in [6, 6.07) is 8.04. The van der Waals surface area contributed by atoms with E-state index in [2.05, 4.69) is 5.32 Å². The first-order chi connectivity index (χ1) is 12.3. The molecule has 0 unspecified atom stereocenters. The lowest BCUT2D eigenvalue weighted by Gasteiger charge is -2.20. The molecule has 1 N–H and O–H groups in total. The van der Waals surface area contributed by atoms with Crippen molar-refractivity contribution in [1.82, 2.24) is 4.31 Å². The molecule has 138 valence electrons. The van der Waals surface area contributed by atoms with Crippen LogP contribution in [0.3, 0.4) is 0 Å². The van der Waals surface area contributed by atoms with Gasteiger partial charge in [-0.3, -0.25) is 4.79 Å². The first-order valence-electron chi connectivity index (χ1n) is 8.21. The summed E-state index contributed by atoms with van der Waals surface area (Å²) >= 11 is 6.25. The van der Waals surface area contributed by atoms with Crippen molar-refractivity contribution in [3.05, 3.63) is 46.5 Å². The summed E-state index contributed by atoms with van der Waals surface area (Å²) in [4.78, 5) is 12.5. The average Bonchev–Trinajstić information content (AvgIpc) is 2.70. The van der Waals surface area contributed by atoms with Gasteiger partial charge in [0.2, 0.25) is 10.0 Å². The van der Waals surface area contributed by atoms with Crippen LogP contribution >= 0.6 is 11.6 Å². The summed E-state index contributed by atoms with van der Waals surface area (Å²) in [5.74, 6) is 0.248. The summed E-state index contributed by atoms with van der Waals surface area (Å²) in [5, 5.41) is 2.76. The smallest absolute Gasteiger partial charge is 0.259 e. The number of ether oxygens (including phenoxy) is 1. The van der Waals surface area contributed by atoms with E-state index in [1.165, 1.54) is 16.4 Å². The second-order valence-corrected chi connectivity index (χ2v) is 8.24. The van der Waals surface area contributed by atoms with E-state index in [0.717, 1.165) is 5.56 Å². The van der Waals surface area contributed by atoms with E-state index in [4.69, 9.17) is 16.3 Å². The Kier molecular flexibility index (Phi) is 4.96. The number of nitrogens with one attached hydrogen (secondary N) is 1. The van der Waals surface area contributed by atoms with Gasteiger partial charge < -0.3 is 10.1 Å². The van der Waals surface area contributed by atoms with E-state index in [0.29, 0.717) is 24.5 Å².